The van der Waals surface area contributed by atoms with Gasteiger partial charge in [-0.3, -0.25) is 4.99 Å². The molecule has 3 aromatic rings. The number of rotatable bonds is 12. The molecule has 0 aliphatic carbocycles. The number of hydrogen-bond donors (Lipinski definition) is 3. The highest BCUT2D eigenvalue weighted by Gasteiger charge is 2.16. The van der Waals surface area contributed by atoms with Crippen LogP contribution in [0, 0.1) is 0 Å². The third-order valence-corrected chi connectivity index (χ3v) is 5.60. The molecule has 0 spiro atoms. The second-order valence-electron chi connectivity index (χ2n) is 8.58. The molecule has 0 heterocycles. The van der Waals surface area contributed by atoms with Crippen molar-refractivity contribution in [1.29, 1.82) is 0 Å². The van der Waals surface area contributed by atoms with Gasteiger partial charge in [0, 0.05) is 12.1 Å². The van der Waals surface area contributed by atoms with Gasteiger partial charge in [0.2, 0.25) is 0 Å². The van der Waals surface area contributed by atoms with Gasteiger partial charge < -0.3 is 34.9 Å². The van der Waals surface area contributed by atoms with E-state index in [9.17, 15) is 19.8 Å². The number of phenols is 2. The second-order valence-corrected chi connectivity index (χ2v) is 8.58. The quantitative estimate of drug-likeness (QED) is 0.169. The molecule has 0 aliphatic rings. The summed E-state index contributed by atoms with van der Waals surface area (Å²) in [4.78, 5) is 32.3. The van der Waals surface area contributed by atoms with Crippen LogP contribution >= 0.6 is 0 Å². The molecule has 0 amide bonds. The van der Waals surface area contributed by atoms with Crippen LogP contribution in [0.5, 0.6) is 23.0 Å². The Bertz CT molecular complexity index is 1410. The van der Waals surface area contributed by atoms with Gasteiger partial charge >= 0.3 is 11.9 Å². The van der Waals surface area contributed by atoms with Crippen molar-refractivity contribution in [3.63, 3.8) is 0 Å². The molecule has 1 atom stereocenters. The molecule has 41 heavy (non-hydrogen) atoms. The van der Waals surface area contributed by atoms with Gasteiger partial charge in [0.25, 0.3) is 0 Å². The number of aromatic hydroxyl groups is 2. The van der Waals surface area contributed by atoms with Gasteiger partial charge in [0.05, 0.1) is 30.4 Å². The highest BCUT2D eigenvalue weighted by Crippen LogP contribution is 2.28. The molecule has 11 heteroatoms. The average molecular weight is 564 g/mol. The number of benzene rings is 3. The predicted octanol–water partition coefficient (Wildman–Crippen LogP) is 3.89. The summed E-state index contributed by atoms with van der Waals surface area (Å²) in [6, 6.07) is 17.8. The number of hydrogen-bond acceptors (Lipinski definition) is 9. The lowest BCUT2D eigenvalue weighted by molar-refractivity contribution is -0.146. The summed E-state index contributed by atoms with van der Waals surface area (Å²) in [5.41, 5.74) is 7.61. The van der Waals surface area contributed by atoms with Crippen LogP contribution in [-0.4, -0.2) is 60.3 Å². The Morgan fingerprint density at radius 1 is 0.805 bits per heavy atom. The number of esters is 2. The summed E-state index contributed by atoms with van der Waals surface area (Å²) < 4.78 is 20.4. The van der Waals surface area contributed by atoms with Crippen molar-refractivity contribution < 1.29 is 38.7 Å². The lowest BCUT2D eigenvalue weighted by Crippen LogP contribution is -2.18. The average Bonchev–Trinajstić information content (AvgIpc) is 2.95. The van der Waals surface area contributed by atoms with Crippen molar-refractivity contribution >= 4 is 23.6 Å². The highest BCUT2D eigenvalue weighted by atomic mass is 16.6. The maximum absolute atomic E-state index is 11.6. The lowest BCUT2D eigenvalue weighted by atomic mass is 10.1. The third kappa shape index (κ3) is 8.99. The van der Waals surface area contributed by atoms with Crippen molar-refractivity contribution in [2.75, 3.05) is 26.4 Å². The first-order valence-corrected chi connectivity index (χ1v) is 12.9. The van der Waals surface area contributed by atoms with Crippen molar-refractivity contribution in [1.82, 2.24) is 0 Å². The number of nitrogens with two attached hydrogens (primary N) is 1. The normalized spacial score (nSPS) is 12.4. The van der Waals surface area contributed by atoms with Gasteiger partial charge in [-0.05, 0) is 50.6 Å². The van der Waals surface area contributed by atoms with E-state index in [4.69, 9.17) is 29.7 Å². The number of phenolic OH excluding ortho intramolecular Hbond substituents is 2. The molecule has 0 fully saturated rings. The van der Waals surface area contributed by atoms with E-state index in [0.29, 0.717) is 0 Å². The van der Waals surface area contributed by atoms with Crippen LogP contribution in [0.1, 0.15) is 43.5 Å². The number of ether oxygens (including phenoxy) is 4. The van der Waals surface area contributed by atoms with Gasteiger partial charge in [-0.1, -0.05) is 30.3 Å². The molecule has 3 rings (SSSR count). The summed E-state index contributed by atoms with van der Waals surface area (Å²) >= 11 is 0. The minimum absolute atomic E-state index is 0.0829. The molecule has 11 nitrogen and oxygen atoms in total. The minimum atomic E-state index is -0.539. The maximum Gasteiger partial charge on any atom is 0.344 e. The Hall–Kier alpha value is -5.06. The summed E-state index contributed by atoms with van der Waals surface area (Å²) in [5.74, 6) is -1.05. The Morgan fingerprint density at radius 2 is 1.32 bits per heavy atom. The van der Waals surface area contributed by atoms with E-state index in [-0.39, 0.29) is 78.3 Å². The molecular formula is C30H33N3O8. The molecule has 0 bridgehead atoms. The number of nitrogens with zero attached hydrogens (tertiary/aromatic N) is 2. The standard InChI is InChI=1S/C30H33N3O8/c1-4-38-27(36)17-40-21-11-13-23(25(34)15-21)29(31)33-30(32-19(3)20-9-7-6-8-10-20)24-14-12-22(16-26(24)35)41-18-28(37)39-5-2/h6-16,19,34-35H,4-5,17-18H2,1-3H3,(H2,31,32,33). The SMILES string of the molecule is CCOC(=O)COc1ccc(C(N)=NC(=NC(C)c2ccccc2)c2ccc(OCC(=O)OCC)cc2O)c(O)c1. The smallest absolute Gasteiger partial charge is 0.344 e. The zero-order valence-corrected chi connectivity index (χ0v) is 23.1. The molecular weight excluding hydrogens is 530 g/mol. The Labute approximate surface area is 237 Å². The van der Waals surface area contributed by atoms with Crippen LogP contribution < -0.4 is 15.2 Å². The maximum atomic E-state index is 11.6. The highest BCUT2D eigenvalue weighted by molar-refractivity contribution is 6.13. The van der Waals surface area contributed by atoms with Crippen LogP contribution in [0.4, 0.5) is 0 Å². The first-order chi connectivity index (χ1) is 19.7. The molecule has 216 valence electrons. The number of amidine groups is 2. The van der Waals surface area contributed by atoms with E-state index in [1.165, 1.54) is 30.3 Å². The lowest BCUT2D eigenvalue weighted by Gasteiger charge is -2.13. The molecule has 4 N–H and O–H groups in total. The molecule has 3 aromatic carbocycles. The van der Waals surface area contributed by atoms with E-state index in [2.05, 4.69) is 4.99 Å². The zero-order chi connectivity index (χ0) is 29.8. The summed E-state index contributed by atoms with van der Waals surface area (Å²) in [5, 5.41) is 21.4. The number of aliphatic imine (C=N–C) groups is 2. The summed E-state index contributed by atoms with van der Waals surface area (Å²) in [7, 11) is 0. The summed E-state index contributed by atoms with van der Waals surface area (Å²) in [6.07, 6.45) is 0. The van der Waals surface area contributed by atoms with Crippen LogP contribution in [0.15, 0.2) is 76.7 Å². The van der Waals surface area contributed by atoms with E-state index >= 15 is 0 Å². The van der Waals surface area contributed by atoms with Gasteiger partial charge in [-0.2, -0.15) is 0 Å². The first kappa shape index (κ1) is 30.5. The van der Waals surface area contributed by atoms with Gasteiger partial charge in [-0.25, -0.2) is 14.6 Å². The molecule has 0 radical (unpaired) electrons. The van der Waals surface area contributed by atoms with Crippen LogP contribution in [0.2, 0.25) is 0 Å². The fourth-order valence-corrected chi connectivity index (χ4v) is 3.62. The monoisotopic (exact) mass is 563 g/mol. The minimum Gasteiger partial charge on any atom is -0.507 e. The third-order valence-electron chi connectivity index (χ3n) is 5.60. The molecule has 0 saturated heterocycles. The van der Waals surface area contributed by atoms with Crippen LogP contribution in [0.25, 0.3) is 0 Å². The Kier molecular flexibility index (Phi) is 11.1. The molecule has 0 saturated carbocycles. The number of carbonyl (C=O) groups is 2. The topological polar surface area (TPSA) is 162 Å². The fraction of sp³-hybridized carbons (Fsp3) is 0.267. The molecule has 0 aromatic heterocycles. The van der Waals surface area contributed by atoms with Crippen molar-refractivity contribution in [2.24, 2.45) is 15.7 Å². The predicted molar refractivity (Wildman–Crippen MR) is 153 cm³/mol. The second kappa shape index (κ2) is 14.9. The van der Waals surface area contributed by atoms with Gasteiger partial charge in [-0.15, -0.1) is 0 Å². The van der Waals surface area contributed by atoms with E-state index in [1.807, 2.05) is 37.3 Å². The Balaban J connectivity index is 1.93. The largest absolute Gasteiger partial charge is 0.507 e. The van der Waals surface area contributed by atoms with E-state index in [0.717, 1.165) is 5.56 Å². The van der Waals surface area contributed by atoms with E-state index < -0.39 is 11.9 Å². The van der Waals surface area contributed by atoms with Crippen molar-refractivity contribution in [2.45, 2.75) is 26.8 Å². The number of carbonyl (C=O) groups excluding carboxylic acids is 2. The van der Waals surface area contributed by atoms with E-state index in [1.54, 1.807) is 19.9 Å². The molecule has 0 aliphatic heterocycles. The zero-order valence-electron chi connectivity index (χ0n) is 23.1. The van der Waals surface area contributed by atoms with Crippen molar-refractivity contribution in [3.05, 3.63) is 83.4 Å². The van der Waals surface area contributed by atoms with Gasteiger partial charge in [0.1, 0.15) is 28.8 Å². The first-order valence-electron chi connectivity index (χ1n) is 12.9. The van der Waals surface area contributed by atoms with Crippen molar-refractivity contribution in [3.8, 4) is 23.0 Å². The summed E-state index contributed by atoms with van der Waals surface area (Å²) in [6.45, 7) is 5.06. The molecule has 1 unspecified atom stereocenters. The van der Waals surface area contributed by atoms with Crippen LogP contribution in [-0.2, 0) is 19.1 Å². The van der Waals surface area contributed by atoms with Gasteiger partial charge in [0.15, 0.2) is 19.0 Å². The van der Waals surface area contributed by atoms with Crippen LogP contribution in [0.3, 0.4) is 0 Å². The fourth-order valence-electron chi connectivity index (χ4n) is 3.62. The Morgan fingerprint density at radius 3 is 1.80 bits per heavy atom.